The first-order valence-electron chi connectivity index (χ1n) is 13.2. The highest BCUT2D eigenvalue weighted by molar-refractivity contribution is 5.89. The van der Waals surface area contributed by atoms with Crippen molar-refractivity contribution in [2.24, 2.45) is 33.5 Å². The van der Waals surface area contributed by atoms with E-state index in [2.05, 4.69) is 5.10 Å². The van der Waals surface area contributed by atoms with Gasteiger partial charge in [0.1, 0.15) is 12.2 Å². The summed E-state index contributed by atoms with van der Waals surface area (Å²) in [7, 11) is 0. The topological polar surface area (TPSA) is 96.7 Å². The van der Waals surface area contributed by atoms with Gasteiger partial charge in [-0.05, 0) is 101 Å². The molecule has 0 radical (unpaired) electrons. The van der Waals surface area contributed by atoms with Crippen molar-refractivity contribution in [1.82, 2.24) is 9.78 Å². The Labute approximate surface area is 206 Å². The molecule has 0 aromatic carbocycles. The largest absolute Gasteiger partial charge is 0.469 e. The molecule has 35 heavy (non-hydrogen) atoms. The highest BCUT2D eigenvalue weighted by atomic mass is 16.6. The lowest BCUT2D eigenvalue weighted by Gasteiger charge is -2.18. The average Bonchev–Trinajstić information content (AvgIpc) is 3.56. The molecular formula is C27H36N2O6. The molecule has 6 saturated carbocycles. The Morgan fingerprint density at radius 1 is 0.943 bits per heavy atom. The Balaban J connectivity index is 0.000000159. The van der Waals surface area contributed by atoms with Crippen LogP contribution in [0.2, 0.25) is 0 Å². The number of ether oxygens (including phenoxy) is 3. The third-order valence-corrected chi connectivity index (χ3v) is 9.53. The molecule has 6 aliphatic rings. The van der Waals surface area contributed by atoms with Crippen LogP contribution in [0.15, 0.2) is 12.3 Å². The monoisotopic (exact) mass is 484 g/mol. The number of nitrogens with zero attached hydrogens (tertiary/aromatic N) is 2. The Hall–Kier alpha value is -2.38. The third-order valence-electron chi connectivity index (χ3n) is 9.53. The van der Waals surface area contributed by atoms with E-state index in [9.17, 15) is 14.4 Å². The van der Waals surface area contributed by atoms with E-state index in [-0.39, 0.29) is 30.2 Å². The number of hydrogen-bond acceptors (Lipinski definition) is 7. The molecule has 0 aliphatic heterocycles. The molecule has 0 unspecified atom stereocenters. The smallest absolute Gasteiger partial charge is 0.435 e. The summed E-state index contributed by atoms with van der Waals surface area (Å²) in [4.78, 5) is 35.7. The minimum atomic E-state index is -0.580. The molecule has 0 atom stereocenters. The molecule has 6 aliphatic carbocycles. The van der Waals surface area contributed by atoms with Crippen molar-refractivity contribution in [2.45, 2.75) is 84.7 Å². The maximum atomic E-state index is 12.4. The van der Waals surface area contributed by atoms with Crippen LogP contribution >= 0.6 is 0 Å². The number of ketones is 1. The van der Waals surface area contributed by atoms with Gasteiger partial charge in [0.05, 0.1) is 12.5 Å². The maximum Gasteiger partial charge on any atom is 0.435 e. The molecule has 1 heterocycles. The van der Waals surface area contributed by atoms with Crippen molar-refractivity contribution in [3.63, 3.8) is 0 Å². The molecule has 8 heteroatoms. The fourth-order valence-electron chi connectivity index (χ4n) is 7.48. The summed E-state index contributed by atoms with van der Waals surface area (Å²) in [5, 5.41) is 4.02. The molecule has 6 fully saturated rings. The van der Waals surface area contributed by atoms with E-state index in [1.165, 1.54) is 57.6 Å². The van der Waals surface area contributed by atoms with E-state index in [0.717, 1.165) is 4.68 Å². The van der Waals surface area contributed by atoms with E-state index < -0.39 is 11.7 Å². The Kier molecular flexibility index (Phi) is 4.67. The number of rotatable bonds is 6. The molecule has 1 aromatic heterocycles. The van der Waals surface area contributed by atoms with E-state index in [0.29, 0.717) is 34.2 Å². The summed E-state index contributed by atoms with van der Waals surface area (Å²) < 4.78 is 16.9. The van der Waals surface area contributed by atoms with Crippen LogP contribution in [0.25, 0.3) is 0 Å². The van der Waals surface area contributed by atoms with Gasteiger partial charge in [-0.15, -0.1) is 5.10 Å². The fourth-order valence-corrected chi connectivity index (χ4v) is 7.48. The van der Waals surface area contributed by atoms with Crippen molar-refractivity contribution >= 4 is 17.8 Å². The van der Waals surface area contributed by atoms with Crippen molar-refractivity contribution in [2.75, 3.05) is 13.2 Å². The first-order valence-corrected chi connectivity index (χ1v) is 13.2. The van der Waals surface area contributed by atoms with Crippen LogP contribution in [-0.4, -0.2) is 46.4 Å². The molecule has 1 aromatic rings. The second-order valence-electron chi connectivity index (χ2n) is 12.6. The van der Waals surface area contributed by atoms with Crippen LogP contribution < -0.4 is 4.74 Å². The minimum Gasteiger partial charge on any atom is -0.469 e. The number of fused-ring (bicyclic) bond motifs is 2. The molecule has 0 N–H and O–H groups in total. The van der Waals surface area contributed by atoms with Crippen LogP contribution in [0.3, 0.4) is 0 Å². The maximum absolute atomic E-state index is 12.4. The fraction of sp³-hybridized carbons (Fsp3) is 0.778. The molecule has 0 saturated heterocycles. The van der Waals surface area contributed by atoms with Gasteiger partial charge in [-0.25, -0.2) is 4.79 Å². The van der Waals surface area contributed by atoms with Crippen LogP contribution in [0, 0.1) is 33.5 Å². The van der Waals surface area contributed by atoms with Crippen LogP contribution in [0.1, 0.15) is 79.1 Å². The van der Waals surface area contributed by atoms with Gasteiger partial charge in [0, 0.05) is 18.2 Å². The zero-order valence-corrected chi connectivity index (χ0v) is 21.2. The second kappa shape index (κ2) is 7.10. The molecule has 0 amide bonds. The Bertz CT molecular complexity index is 1050. The van der Waals surface area contributed by atoms with E-state index in [1.807, 2.05) is 6.92 Å². The number of carbonyl (C=O) groups excluding carboxylic acids is 3. The normalized spacial score (nSPS) is 27.6. The number of Topliss-reactive ketones (excluding diaryl/α,β-unsaturated/α-hetero) is 1. The van der Waals surface area contributed by atoms with E-state index >= 15 is 0 Å². The minimum absolute atomic E-state index is 0.0412. The van der Waals surface area contributed by atoms with Crippen LogP contribution in [0.4, 0.5) is 4.79 Å². The van der Waals surface area contributed by atoms with Gasteiger partial charge >= 0.3 is 12.1 Å². The predicted octanol–water partition coefficient (Wildman–Crippen LogP) is 4.54. The van der Waals surface area contributed by atoms with Gasteiger partial charge in [-0.3, -0.25) is 9.59 Å². The standard InChI is InChI=1S/C17H22N2O4.C10H14O2/c1-15(2,3)23-14(21)19-9-4-12(18-19)22-10-11(20)13-16(5-6-16)17(13)7-8-17;1-2-12-8(11)7-9(3-4-9)10(7)5-6-10/h4,9,13H,5-8,10H2,1-3H3;7H,2-6H2,1H3. The quantitative estimate of drug-likeness (QED) is 0.547. The zero-order chi connectivity index (χ0) is 24.9. The van der Waals surface area contributed by atoms with Crippen LogP contribution in [-0.2, 0) is 19.1 Å². The summed E-state index contributed by atoms with van der Waals surface area (Å²) in [6.07, 6.45) is 10.9. The lowest BCUT2D eigenvalue weighted by Crippen LogP contribution is -2.27. The molecular weight excluding hydrogens is 448 g/mol. The Morgan fingerprint density at radius 3 is 1.91 bits per heavy atom. The van der Waals surface area contributed by atoms with Gasteiger partial charge in [0.25, 0.3) is 0 Å². The summed E-state index contributed by atoms with van der Waals surface area (Å²) >= 11 is 0. The van der Waals surface area contributed by atoms with Gasteiger partial charge in [0.2, 0.25) is 5.88 Å². The highest BCUT2D eigenvalue weighted by Crippen LogP contribution is 2.93. The van der Waals surface area contributed by atoms with Gasteiger partial charge < -0.3 is 14.2 Å². The van der Waals surface area contributed by atoms with Crippen molar-refractivity contribution < 1.29 is 28.6 Å². The average molecular weight is 485 g/mol. The Morgan fingerprint density at radius 2 is 1.46 bits per heavy atom. The summed E-state index contributed by atoms with van der Waals surface area (Å²) in [6.45, 7) is 7.85. The SMILES string of the molecule is CC(C)(C)OC(=O)n1ccc(OCC(=O)C2C3(CC3)C23CC3)n1.CCOC(=O)C1C2(CC2)C12CC2. The first-order chi connectivity index (χ1) is 16.5. The van der Waals surface area contributed by atoms with Gasteiger partial charge in [-0.2, -0.15) is 4.68 Å². The van der Waals surface area contributed by atoms with Crippen LogP contribution in [0.5, 0.6) is 5.88 Å². The number of aromatic nitrogens is 2. The number of carbonyl (C=O) groups is 3. The lowest BCUT2D eigenvalue weighted by molar-refractivity contribution is -0.145. The number of hydrogen-bond donors (Lipinski definition) is 0. The predicted molar refractivity (Wildman–Crippen MR) is 125 cm³/mol. The van der Waals surface area contributed by atoms with E-state index in [4.69, 9.17) is 14.2 Å². The summed E-state index contributed by atoms with van der Waals surface area (Å²) in [6, 6.07) is 1.57. The lowest BCUT2D eigenvalue weighted by atomic mass is 10.2. The summed E-state index contributed by atoms with van der Waals surface area (Å²) in [5.41, 5.74) is 1.06. The molecule has 4 spiro atoms. The van der Waals surface area contributed by atoms with Gasteiger partial charge in [-0.1, -0.05) is 0 Å². The second-order valence-corrected chi connectivity index (χ2v) is 12.6. The zero-order valence-electron chi connectivity index (χ0n) is 21.2. The molecule has 0 bridgehead atoms. The van der Waals surface area contributed by atoms with Gasteiger partial charge in [0.15, 0.2) is 5.78 Å². The van der Waals surface area contributed by atoms with E-state index in [1.54, 1.807) is 26.8 Å². The summed E-state index contributed by atoms with van der Waals surface area (Å²) in [5.74, 6) is 1.08. The molecule has 190 valence electrons. The third kappa shape index (κ3) is 3.45. The number of esters is 1. The first kappa shape index (κ1) is 23.0. The molecule has 8 nitrogen and oxygen atoms in total. The highest BCUT2D eigenvalue weighted by Gasteiger charge is 2.89. The van der Waals surface area contributed by atoms with Crippen molar-refractivity contribution in [3.8, 4) is 5.88 Å². The van der Waals surface area contributed by atoms with Crippen molar-refractivity contribution in [3.05, 3.63) is 12.3 Å². The molecule has 7 rings (SSSR count). The van der Waals surface area contributed by atoms with Crippen molar-refractivity contribution in [1.29, 1.82) is 0 Å².